The summed E-state index contributed by atoms with van der Waals surface area (Å²) in [4.78, 5) is 13.9. The van der Waals surface area contributed by atoms with E-state index in [9.17, 15) is 4.79 Å². The lowest BCUT2D eigenvalue weighted by atomic mass is 9.92. The average Bonchev–Trinajstić information content (AvgIpc) is 2.82. The number of hydrogen-bond donors (Lipinski definition) is 1. The number of carbonyl (C=O) groups is 1. The van der Waals surface area contributed by atoms with Gasteiger partial charge in [-0.15, -0.1) is 0 Å². The maximum Gasteiger partial charge on any atom is 0.227 e. The highest BCUT2D eigenvalue weighted by molar-refractivity contribution is 5.92. The second-order valence-corrected chi connectivity index (χ2v) is 5.90. The fourth-order valence-corrected chi connectivity index (χ4v) is 2.86. The standard InChI is InChI=1S/C16H17N3O/c1-16(2)9-14(19-7-3-4-15(19)20)12-8-11(10-17)5-6-13(12)18-16/h5-6,8-9,18H,3-4,7H2,1-2H3. The van der Waals surface area contributed by atoms with Crippen LogP contribution in [0.4, 0.5) is 5.69 Å². The number of likely N-dealkylation sites (tertiary alicyclic amines) is 1. The van der Waals surface area contributed by atoms with Crippen molar-refractivity contribution in [3.05, 3.63) is 35.4 Å². The van der Waals surface area contributed by atoms with E-state index in [1.165, 1.54) is 0 Å². The van der Waals surface area contributed by atoms with Crippen LogP contribution in [0, 0.1) is 11.3 Å². The Morgan fingerprint density at radius 2 is 2.20 bits per heavy atom. The number of rotatable bonds is 1. The number of nitriles is 1. The van der Waals surface area contributed by atoms with E-state index in [-0.39, 0.29) is 11.4 Å². The van der Waals surface area contributed by atoms with Crippen molar-refractivity contribution < 1.29 is 4.79 Å². The van der Waals surface area contributed by atoms with E-state index in [2.05, 4.69) is 31.3 Å². The van der Waals surface area contributed by atoms with Crippen LogP contribution in [-0.2, 0) is 4.79 Å². The highest BCUT2D eigenvalue weighted by Crippen LogP contribution is 2.37. The van der Waals surface area contributed by atoms with Gasteiger partial charge >= 0.3 is 0 Å². The quantitative estimate of drug-likeness (QED) is 0.851. The monoisotopic (exact) mass is 267 g/mol. The van der Waals surface area contributed by atoms with Crippen molar-refractivity contribution in [2.75, 3.05) is 11.9 Å². The lowest BCUT2D eigenvalue weighted by Crippen LogP contribution is -2.36. The molecule has 4 heteroatoms. The molecular weight excluding hydrogens is 250 g/mol. The van der Waals surface area contributed by atoms with Gasteiger partial charge in [-0.05, 0) is 44.5 Å². The molecule has 1 N–H and O–H groups in total. The summed E-state index contributed by atoms with van der Waals surface area (Å²) >= 11 is 0. The number of fused-ring (bicyclic) bond motifs is 1. The van der Waals surface area contributed by atoms with Crippen LogP contribution in [0.15, 0.2) is 24.3 Å². The minimum Gasteiger partial charge on any atom is -0.376 e. The molecule has 0 radical (unpaired) electrons. The second-order valence-electron chi connectivity index (χ2n) is 5.90. The normalized spacial score (nSPS) is 19.9. The number of nitrogens with zero attached hydrogens (tertiary/aromatic N) is 2. The highest BCUT2D eigenvalue weighted by atomic mass is 16.2. The van der Waals surface area contributed by atoms with Gasteiger partial charge in [0.25, 0.3) is 0 Å². The first kappa shape index (κ1) is 12.7. The predicted octanol–water partition coefficient (Wildman–Crippen LogP) is 2.73. The number of amides is 1. The zero-order valence-corrected chi connectivity index (χ0v) is 11.7. The van der Waals surface area contributed by atoms with Crippen molar-refractivity contribution in [1.82, 2.24) is 4.90 Å². The fraction of sp³-hybridized carbons (Fsp3) is 0.375. The van der Waals surface area contributed by atoms with Gasteiger partial charge in [0.15, 0.2) is 0 Å². The van der Waals surface area contributed by atoms with Crippen molar-refractivity contribution in [2.45, 2.75) is 32.2 Å². The number of anilines is 1. The lowest BCUT2D eigenvalue weighted by molar-refractivity contribution is -0.124. The molecule has 0 saturated carbocycles. The average molecular weight is 267 g/mol. The Hall–Kier alpha value is -2.28. The summed E-state index contributed by atoms with van der Waals surface area (Å²) in [7, 11) is 0. The van der Waals surface area contributed by atoms with Crippen molar-refractivity contribution >= 4 is 17.3 Å². The van der Waals surface area contributed by atoms with E-state index in [0.29, 0.717) is 12.0 Å². The van der Waals surface area contributed by atoms with Gasteiger partial charge in [-0.3, -0.25) is 4.79 Å². The first-order chi connectivity index (χ1) is 9.50. The van der Waals surface area contributed by atoms with Gasteiger partial charge in [0.05, 0.1) is 22.9 Å². The van der Waals surface area contributed by atoms with Gasteiger partial charge < -0.3 is 10.2 Å². The van der Waals surface area contributed by atoms with Crippen molar-refractivity contribution in [3.8, 4) is 6.07 Å². The molecule has 1 fully saturated rings. The van der Waals surface area contributed by atoms with Gasteiger partial charge in [-0.25, -0.2) is 0 Å². The fourth-order valence-electron chi connectivity index (χ4n) is 2.86. The highest BCUT2D eigenvalue weighted by Gasteiger charge is 2.31. The Kier molecular flexibility index (Phi) is 2.79. The number of carbonyl (C=O) groups excluding carboxylic acids is 1. The molecule has 20 heavy (non-hydrogen) atoms. The first-order valence-corrected chi connectivity index (χ1v) is 6.86. The van der Waals surface area contributed by atoms with Crippen LogP contribution < -0.4 is 5.32 Å². The third-order valence-electron chi connectivity index (χ3n) is 3.74. The van der Waals surface area contributed by atoms with Crippen LogP contribution in [0.2, 0.25) is 0 Å². The summed E-state index contributed by atoms with van der Waals surface area (Å²) in [6.45, 7) is 4.92. The van der Waals surface area contributed by atoms with Crippen molar-refractivity contribution in [1.29, 1.82) is 5.26 Å². The molecule has 2 aliphatic heterocycles. The third kappa shape index (κ3) is 2.05. The zero-order valence-electron chi connectivity index (χ0n) is 11.7. The zero-order chi connectivity index (χ0) is 14.3. The Morgan fingerprint density at radius 1 is 1.40 bits per heavy atom. The predicted molar refractivity (Wildman–Crippen MR) is 77.8 cm³/mol. The van der Waals surface area contributed by atoms with E-state index in [4.69, 9.17) is 5.26 Å². The summed E-state index contributed by atoms with van der Waals surface area (Å²) < 4.78 is 0. The van der Waals surface area contributed by atoms with E-state index in [0.717, 1.165) is 29.9 Å². The summed E-state index contributed by atoms with van der Waals surface area (Å²) in [6.07, 6.45) is 3.59. The van der Waals surface area contributed by atoms with Crippen molar-refractivity contribution in [3.63, 3.8) is 0 Å². The van der Waals surface area contributed by atoms with Crippen LogP contribution in [-0.4, -0.2) is 22.9 Å². The molecule has 2 aliphatic rings. The smallest absolute Gasteiger partial charge is 0.227 e. The SMILES string of the molecule is CC1(C)C=C(N2CCCC2=O)c2cc(C#N)ccc2N1. The molecule has 0 bridgehead atoms. The molecule has 1 aromatic carbocycles. The summed E-state index contributed by atoms with van der Waals surface area (Å²) in [5, 5.41) is 12.5. The molecule has 1 aromatic rings. The second kappa shape index (κ2) is 4.38. The summed E-state index contributed by atoms with van der Waals surface area (Å²) in [5.41, 5.74) is 3.26. The third-order valence-corrected chi connectivity index (χ3v) is 3.74. The minimum absolute atomic E-state index is 0.169. The van der Waals surface area contributed by atoms with Crippen LogP contribution in [0.25, 0.3) is 5.70 Å². The first-order valence-electron chi connectivity index (χ1n) is 6.86. The summed E-state index contributed by atoms with van der Waals surface area (Å²) in [6, 6.07) is 7.74. The molecule has 2 heterocycles. The van der Waals surface area contributed by atoms with Crippen LogP contribution in [0.1, 0.15) is 37.8 Å². The molecule has 3 rings (SSSR count). The van der Waals surface area contributed by atoms with Gasteiger partial charge in [-0.2, -0.15) is 5.26 Å². The van der Waals surface area contributed by atoms with Gasteiger partial charge in [0, 0.05) is 24.2 Å². The molecule has 4 nitrogen and oxygen atoms in total. The Bertz CT molecular complexity index is 652. The number of benzene rings is 1. The maximum absolute atomic E-state index is 12.0. The Balaban J connectivity index is 2.14. The number of nitrogens with one attached hydrogen (secondary N) is 1. The summed E-state index contributed by atoms with van der Waals surface area (Å²) in [5.74, 6) is 0.169. The van der Waals surface area contributed by atoms with E-state index in [1.54, 1.807) is 6.07 Å². The molecule has 0 unspecified atom stereocenters. The topological polar surface area (TPSA) is 56.1 Å². The van der Waals surface area contributed by atoms with Gasteiger partial charge in [0.1, 0.15) is 0 Å². The molecular formula is C16H17N3O. The van der Waals surface area contributed by atoms with Gasteiger partial charge in [-0.1, -0.05) is 0 Å². The molecule has 1 amide bonds. The van der Waals surface area contributed by atoms with Gasteiger partial charge in [0.2, 0.25) is 5.91 Å². The van der Waals surface area contributed by atoms with Crippen LogP contribution in [0.3, 0.4) is 0 Å². The molecule has 1 saturated heterocycles. The molecule has 0 aliphatic carbocycles. The molecule has 0 spiro atoms. The van der Waals surface area contributed by atoms with Crippen LogP contribution in [0.5, 0.6) is 0 Å². The maximum atomic E-state index is 12.0. The Labute approximate surface area is 118 Å². The van der Waals surface area contributed by atoms with E-state index >= 15 is 0 Å². The minimum atomic E-state index is -0.209. The number of hydrogen-bond acceptors (Lipinski definition) is 3. The molecule has 102 valence electrons. The largest absolute Gasteiger partial charge is 0.376 e. The van der Waals surface area contributed by atoms with Crippen molar-refractivity contribution in [2.24, 2.45) is 0 Å². The van der Waals surface area contributed by atoms with Crippen LogP contribution >= 0.6 is 0 Å². The Morgan fingerprint density at radius 3 is 2.85 bits per heavy atom. The van der Waals surface area contributed by atoms with E-state index < -0.39 is 0 Å². The molecule has 0 aromatic heterocycles. The molecule has 0 atom stereocenters. The lowest BCUT2D eigenvalue weighted by Gasteiger charge is -2.35. The van der Waals surface area contributed by atoms with E-state index in [1.807, 2.05) is 17.0 Å².